The molecule has 0 bridgehead atoms. The predicted molar refractivity (Wildman–Crippen MR) is 87.4 cm³/mol. The second-order valence-corrected chi connectivity index (χ2v) is 6.41. The summed E-state index contributed by atoms with van der Waals surface area (Å²) in [6.45, 7) is 5.57. The van der Waals surface area contributed by atoms with Crippen LogP contribution in [0.25, 0.3) is 0 Å². The summed E-state index contributed by atoms with van der Waals surface area (Å²) in [5.41, 5.74) is 1.32. The van der Waals surface area contributed by atoms with Gasteiger partial charge in [-0.3, -0.25) is 14.5 Å². The first-order chi connectivity index (χ1) is 10.7. The molecule has 2 aliphatic heterocycles. The summed E-state index contributed by atoms with van der Waals surface area (Å²) in [6, 6.07) is 5.45. The standard InChI is InChI=1S/C15H20N4O2S/c20-14-10-22-13-2-1-11(9-12(13)18-14)15(21)17-5-8-19-6-3-16-4-7-19/h1-2,9,16H,3-8,10H2,(H,17,21)(H,18,20). The predicted octanol–water partition coefficient (Wildman–Crippen LogP) is 0.366. The lowest BCUT2D eigenvalue weighted by molar-refractivity contribution is -0.113. The average Bonchev–Trinajstić information content (AvgIpc) is 2.55. The Morgan fingerprint density at radius 1 is 1.32 bits per heavy atom. The Morgan fingerprint density at radius 2 is 2.14 bits per heavy atom. The van der Waals surface area contributed by atoms with E-state index in [0.717, 1.165) is 43.3 Å². The summed E-state index contributed by atoms with van der Waals surface area (Å²) >= 11 is 1.50. The topological polar surface area (TPSA) is 73.5 Å². The van der Waals surface area contributed by atoms with Crippen molar-refractivity contribution in [3.8, 4) is 0 Å². The summed E-state index contributed by atoms with van der Waals surface area (Å²) in [4.78, 5) is 26.9. The van der Waals surface area contributed by atoms with Crippen LogP contribution in [0.4, 0.5) is 5.69 Å². The van der Waals surface area contributed by atoms with Gasteiger partial charge >= 0.3 is 0 Å². The van der Waals surface area contributed by atoms with Gasteiger partial charge in [0, 0.05) is 49.7 Å². The van der Waals surface area contributed by atoms with Gasteiger partial charge in [0.15, 0.2) is 0 Å². The van der Waals surface area contributed by atoms with Gasteiger partial charge in [-0.1, -0.05) is 0 Å². The van der Waals surface area contributed by atoms with E-state index in [2.05, 4.69) is 20.9 Å². The Balaban J connectivity index is 1.53. The van der Waals surface area contributed by atoms with E-state index in [4.69, 9.17) is 0 Å². The molecular weight excluding hydrogens is 300 g/mol. The zero-order valence-electron chi connectivity index (χ0n) is 12.4. The lowest BCUT2D eigenvalue weighted by Crippen LogP contribution is -2.46. The van der Waals surface area contributed by atoms with Crippen molar-refractivity contribution in [2.75, 3.05) is 50.3 Å². The number of amides is 2. The highest BCUT2D eigenvalue weighted by Crippen LogP contribution is 2.31. The fraction of sp³-hybridized carbons (Fsp3) is 0.467. The molecule has 0 aromatic heterocycles. The van der Waals surface area contributed by atoms with Crippen LogP contribution >= 0.6 is 11.8 Å². The molecule has 2 amide bonds. The maximum Gasteiger partial charge on any atom is 0.251 e. The molecule has 7 heteroatoms. The van der Waals surface area contributed by atoms with Crippen LogP contribution in [0.2, 0.25) is 0 Å². The van der Waals surface area contributed by atoms with Gasteiger partial charge in [-0.15, -0.1) is 11.8 Å². The van der Waals surface area contributed by atoms with Crippen molar-refractivity contribution in [2.24, 2.45) is 0 Å². The van der Waals surface area contributed by atoms with Crippen LogP contribution in [0.5, 0.6) is 0 Å². The van der Waals surface area contributed by atoms with Crippen LogP contribution in [-0.4, -0.2) is 61.7 Å². The molecule has 3 N–H and O–H groups in total. The van der Waals surface area contributed by atoms with Gasteiger partial charge in [-0.25, -0.2) is 0 Å². The molecule has 0 spiro atoms. The lowest BCUT2D eigenvalue weighted by Gasteiger charge is -2.27. The normalized spacial score (nSPS) is 18.5. The van der Waals surface area contributed by atoms with Gasteiger partial charge in [0.05, 0.1) is 11.4 Å². The smallest absolute Gasteiger partial charge is 0.251 e. The highest BCUT2D eigenvalue weighted by molar-refractivity contribution is 8.00. The number of nitrogens with zero attached hydrogens (tertiary/aromatic N) is 1. The van der Waals surface area contributed by atoms with Gasteiger partial charge in [0.1, 0.15) is 0 Å². The molecule has 1 aromatic rings. The average molecular weight is 320 g/mol. The number of hydrogen-bond acceptors (Lipinski definition) is 5. The molecule has 2 heterocycles. The van der Waals surface area contributed by atoms with E-state index in [1.54, 1.807) is 6.07 Å². The molecule has 22 heavy (non-hydrogen) atoms. The van der Waals surface area contributed by atoms with Gasteiger partial charge in [-0.2, -0.15) is 0 Å². The van der Waals surface area contributed by atoms with E-state index in [0.29, 0.717) is 17.9 Å². The number of hydrogen-bond donors (Lipinski definition) is 3. The zero-order valence-corrected chi connectivity index (χ0v) is 13.2. The lowest BCUT2D eigenvalue weighted by atomic mass is 10.2. The minimum absolute atomic E-state index is 0.0197. The zero-order chi connectivity index (χ0) is 15.4. The number of piperazine rings is 1. The fourth-order valence-corrected chi connectivity index (χ4v) is 3.38. The first kappa shape index (κ1) is 15.3. The van der Waals surface area contributed by atoms with Crippen LogP contribution in [0, 0.1) is 0 Å². The van der Waals surface area contributed by atoms with E-state index in [-0.39, 0.29) is 11.8 Å². The van der Waals surface area contributed by atoms with Gasteiger partial charge in [0.25, 0.3) is 5.91 Å². The number of nitrogens with one attached hydrogen (secondary N) is 3. The van der Waals surface area contributed by atoms with E-state index in [9.17, 15) is 9.59 Å². The minimum atomic E-state index is -0.0947. The van der Waals surface area contributed by atoms with Crippen molar-refractivity contribution in [2.45, 2.75) is 4.90 Å². The van der Waals surface area contributed by atoms with Crippen molar-refractivity contribution in [3.63, 3.8) is 0 Å². The Kier molecular flexibility index (Phi) is 4.97. The van der Waals surface area contributed by atoms with Crippen molar-refractivity contribution in [3.05, 3.63) is 23.8 Å². The molecule has 1 aromatic carbocycles. The second-order valence-electron chi connectivity index (χ2n) is 5.40. The molecule has 0 radical (unpaired) electrons. The number of rotatable bonds is 4. The van der Waals surface area contributed by atoms with E-state index < -0.39 is 0 Å². The minimum Gasteiger partial charge on any atom is -0.351 e. The molecule has 1 fully saturated rings. The highest BCUT2D eigenvalue weighted by atomic mass is 32.2. The third-order valence-electron chi connectivity index (χ3n) is 3.80. The van der Waals surface area contributed by atoms with Crippen LogP contribution in [0.15, 0.2) is 23.1 Å². The molecule has 0 unspecified atom stereocenters. The van der Waals surface area contributed by atoms with Crippen molar-refractivity contribution < 1.29 is 9.59 Å². The summed E-state index contributed by atoms with van der Waals surface area (Å²) in [6.07, 6.45) is 0. The van der Waals surface area contributed by atoms with E-state index >= 15 is 0 Å². The number of benzene rings is 1. The Morgan fingerprint density at radius 3 is 2.95 bits per heavy atom. The molecule has 6 nitrogen and oxygen atoms in total. The SMILES string of the molecule is O=C1CSc2ccc(C(=O)NCCN3CCNCC3)cc2N1. The largest absolute Gasteiger partial charge is 0.351 e. The molecular formula is C15H20N4O2S. The van der Waals surface area contributed by atoms with Crippen LogP contribution in [-0.2, 0) is 4.79 Å². The van der Waals surface area contributed by atoms with Crippen molar-refractivity contribution in [1.29, 1.82) is 0 Å². The van der Waals surface area contributed by atoms with Gasteiger partial charge < -0.3 is 16.0 Å². The first-order valence-corrected chi connectivity index (χ1v) is 8.49. The van der Waals surface area contributed by atoms with Crippen molar-refractivity contribution in [1.82, 2.24) is 15.5 Å². The Labute approximate surface area is 134 Å². The third kappa shape index (κ3) is 3.79. The maximum atomic E-state index is 12.2. The van der Waals surface area contributed by atoms with Gasteiger partial charge in [-0.05, 0) is 18.2 Å². The third-order valence-corrected chi connectivity index (χ3v) is 4.87. The van der Waals surface area contributed by atoms with E-state index in [1.807, 2.05) is 12.1 Å². The second kappa shape index (κ2) is 7.13. The number of carbonyl (C=O) groups is 2. The monoisotopic (exact) mass is 320 g/mol. The summed E-state index contributed by atoms with van der Waals surface area (Å²) in [5, 5.41) is 9.06. The van der Waals surface area contributed by atoms with Crippen LogP contribution < -0.4 is 16.0 Å². The Hall–Kier alpha value is -1.57. The van der Waals surface area contributed by atoms with Crippen LogP contribution in [0.3, 0.4) is 0 Å². The molecule has 0 aliphatic carbocycles. The number of thioether (sulfide) groups is 1. The van der Waals surface area contributed by atoms with Gasteiger partial charge in [0.2, 0.25) is 5.91 Å². The van der Waals surface area contributed by atoms with Crippen LogP contribution in [0.1, 0.15) is 10.4 Å². The summed E-state index contributed by atoms with van der Waals surface area (Å²) in [7, 11) is 0. The number of carbonyl (C=O) groups excluding carboxylic acids is 2. The summed E-state index contributed by atoms with van der Waals surface area (Å²) < 4.78 is 0. The molecule has 0 atom stereocenters. The fourth-order valence-electron chi connectivity index (χ4n) is 2.59. The Bertz CT molecular complexity index is 573. The quantitative estimate of drug-likeness (QED) is 0.747. The number of fused-ring (bicyclic) bond motifs is 1. The highest BCUT2D eigenvalue weighted by Gasteiger charge is 2.17. The molecule has 1 saturated heterocycles. The molecule has 3 rings (SSSR count). The first-order valence-electron chi connectivity index (χ1n) is 7.50. The van der Waals surface area contributed by atoms with Crippen molar-refractivity contribution >= 4 is 29.3 Å². The number of anilines is 1. The van der Waals surface area contributed by atoms with E-state index in [1.165, 1.54) is 11.8 Å². The molecule has 0 saturated carbocycles. The molecule has 118 valence electrons. The molecule has 2 aliphatic rings. The maximum absolute atomic E-state index is 12.2. The summed E-state index contributed by atoms with van der Waals surface area (Å²) in [5.74, 6) is 0.319.